The minimum absolute atomic E-state index is 0.289. The molecule has 0 aliphatic rings. The molecule has 0 unspecified atom stereocenters. The Morgan fingerprint density at radius 3 is 2.62 bits per heavy atom. The molecule has 2 aromatic heterocycles. The van der Waals surface area contributed by atoms with Gasteiger partial charge in [0.05, 0.1) is 5.39 Å². The molecule has 1 aromatic carbocycles. The van der Waals surface area contributed by atoms with Crippen LogP contribution in [0.25, 0.3) is 11.0 Å². The summed E-state index contributed by atoms with van der Waals surface area (Å²) >= 11 is 0. The van der Waals surface area contributed by atoms with Crippen molar-refractivity contribution < 1.29 is 17.9 Å². The molecule has 0 aliphatic heterocycles. The quantitative estimate of drug-likeness (QED) is 0.777. The van der Waals surface area contributed by atoms with E-state index >= 15 is 0 Å². The van der Waals surface area contributed by atoms with Gasteiger partial charge in [0.2, 0.25) is 0 Å². The van der Waals surface area contributed by atoms with Gasteiger partial charge in [-0.2, -0.15) is 5.10 Å². The highest BCUT2D eigenvalue weighted by Gasteiger charge is 2.30. The second-order valence-electron chi connectivity index (χ2n) is 4.05. The largest absolute Gasteiger partial charge is 0.573 e. The minimum atomic E-state index is -4.70. The molecule has 21 heavy (non-hydrogen) atoms. The summed E-state index contributed by atoms with van der Waals surface area (Å²) in [4.78, 5) is 7.87. The molecule has 2 heterocycles. The molecular formula is C12H8F3N5O. The smallest absolute Gasteiger partial charge is 0.406 e. The number of H-pyrrole nitrogens is 1. The minimum Gasteiger partial charge on any atom is -0.406 e. The van der Waals surface area contributed by atoms with Crippen LogP contribution in [-0.4, -0.2) is 26.5 Å². The van der Waals surface area contributed by atoms with Crippen molar-refractivity contribution in [2.24, 2.45) is 0 Å². The summed E-state index contributed by atoms with van der Waals surface area (Å²) in [6.07, 6.45) is -1.74. The zero-order chi connectivity index (χ0) is 14.9. The fraction of sp³-hybridized carbons (Fsp3) is 0.0833. The maximum absolute atomic E-state index is 12.1. The van der Waals surface area contributed by atoms with Gasteiger partial charge < -0.3 is 10.1 Å². The van der Waals surface area contributed by atoms with Gasteiger partial charge in [-0.25, -0.2) is 9.97 Å². The van der Waals surface area contributed by atoms with E-state index in [-0.39, 0.29) is 5.75 Å². The number of alkyl halides is 3. The molecule has 3 rings (SSSR count). The fourth-order valence-electron chi connectivity index (χ4n) is 1.73. The molecule has 9 heteroatoms. The number of halogens is 3. The van der Waals surface area contributed by atoms with Crippen molar-refractivity contribution in [3.05, 3.63) is 36.8 Å². The van der Waals surface area contributed by atoms with Gasteiger partial charge in [0, 0.05) is 11.9 Å². The number of anilines is 2. The van der Waals surface area contributed by atoms with Crippen LogP contribution in [0.4, 0.5) is 24.7 Å². The molecule has 0 saturated carbocycles. The Balaban J connectivity index is 1.79. The number of fused-ring (bicyclic) bond motifs is 1. The first-order valence-electron chi connectivity index (χ1n) is 5.78. The normalized spacial score (nSPS) is 11.6. The van der Waals surface area contributed by atoms with Crippen LogP contribution >= 0.6 is 0 Å². The predicted molar refractivity (Wildman–Crippen MR) is 68.1 cm³/mol. The number of nitrogens with zero attached hydrogens (tertiary/aromatic N) is 3. The molecule has 6 nitrogen and oxygen atoms in total. The molecule has 0 bridgehead atoms. The van der Waals surface area contributed by atoms with Gasteiger partial charge in [-0.3, -0.25) is 5.10 Å². The summed E-state index contributed by atoms with van der Waals surface area (Å²) in [6.45, 7) is 0. The van der Waals surface area contributed by atoms with E-state index in [0.29, 0.717) is 22.5 Å². The van der Waals surface area contributed by atoms with Gasteiger partial charge in [0.15, 0.2) is 11.5 Å². The van der Waals surface area contributed by atoms with E-state index in [0.717, 1.165) is 0 Å². The predicted octanol–water partition coefficient (Wildman–Crippen LogP) is 3.00. The van der Waals surface area contributed by atoms with E-state index in [1.165, 1.54) is 30.6 Å². The topological polar surface area (TPSA) is 75.7 Å². The first kappa shape index (κ1) is 13.2. The molecule has 0 radical (unpaired) electrons. The van der Waals surface area contributed by atoms with Gasteiger partial charge in [-0.1, -0.05) is 0 Å². The number of nitrogens with one attached hydrogen (secondary N) is 2. The van der Waals surface area contributed by atoms with Crippen LogP contribution in [0.5, 0.6) is 5.75 Å². The van der Waals surface area contributed by atoms with Crippen molar-refractivity contribution >= 4 is 22.5 Å². The van der Waals surface area contributed by atoms with Gasteiger partial charge in [0.25, 0.3) is 0 Å². The second-order valence-corrected chi connectivity index (χ2v) is 4.05. The number of aromatic amines is 1. The Kier molecular flexibility index (Phi) is 3.09. The van der Waals surface area contributed by atoms with Crippen molar-refractivity contribution in [2.45, 2.75) is 6.36 Å². The average Bonchev–Trinajstić information content (AvgIpc) is 2.83. The Morgan fingerprint density at radius 1 is 1.14 bits per heavy atom. The van der Waals surface area contributed by atoms with E-state index in [1.54, 1.807) is 6.20 Å². The van der Waals surface area contributed by atoms with E-state index in [2.05, 4.69) is 30.2 Å². The van der Waals surface area contributed by atoms with Crippen molar-refractivity contribution in [3.8, 4) is 5.75 Å². The molecule has 3 aromatic rings. The molecule has 0 saturated heterocycles. The maximum Gasteiger partial charge on any atom is 0.573 e. The molecule has 0 aliphatic carbocycles. The molecule has 0 amide bonds. The first-order chi connectivity index (χ1) is 10.0. The summed E-state index contributed by atoms with van der Waals surface area (Å²) in [5, 5.41) is 10.4. The Hall–Kier alpha value is -2.84. The molecule has 108 valence electrons. The molecule has 2 N–H and O–H groups in total. The summed E-state index contributed by atoms with van der Waals surface area (Å²) in [5.74, 6) is 0.193. The lowest BCUT2D eigenvalue weighted by Crippen LogP contribution is -2.16. The number of hydrogen-bond acceptors (Lipinski definition) is 5. The lowest BCUT2D eigenvalue weighted by Gasteiger charge is -2.09. The number of hydrogen-bond donors (Lipinski definition) is 2. The number of benzene rings is 1. The van der Waals surface area contributed by atoms with Gasteiger partial charge in [0.1, 0.15) is 12.1 Å². The summed E-state index contributed by atoms with van der Waals surface area (Å²) in [7, 11) is 0. The van der Waals surface area contributed by atoms with E-state index < -0.39 is 6.36 Å². The van der Waals surface area contributed by atoms with Crippen LogP contribution in [0.2, 0.25) is 0 Å². The highest BCUT2D eigenvalue weighted by atomic mass is 19.4. The standard InChI is InChI=1S/C12H8F3N5O/c13-12(14,15)21-8-3-1-7(2-4-8)18-11-9-5-16-6-17-10(9)19-20-11/h1-6H,(H2,16,17,18,19,20). The highest BCUT2D eigenvalue weighted by Crippen LogP contribution is 2.26. The first-order valence-corrected chi connectivity index (χ1v) is 5.78. The lowest BCUT2D eigenvalue weighted by molar-refractivity contribution is -0.274. The van der Waals surface area contributed by atoms with Crippen LogP contribution < -0.4 is 10.1 Å². The van der Waals surface area contributed by atoms with E-state index in [1.807, 2.05) is 0 Å². The zero-order valence-electron chi connectivity index (χ0n) is 10.3. The van der Waals surface area contributed by atoms with Gasteiger partial charge >= 0.3 is 6.36 Å². The van der Waals surface area contributed by atoms with Crippen LogP contribution in [-0.2, 0) is 0 Å². The molecule has 0 spiro atoms. The van der Waals surface area contributed by atoms with E-state index in [4.69, 9.17) is 0 Å². The number of ether oxygens (including phenoxy) is 1. The van der Waals surface area contributed by atoms with E-state index in [9.17, 15) is 13.2 Å². The average molecular weight is 295 g/mol. The monoisotopic (exact) mass is 295 g/mol. The van der Waals surface area contributed by atoms with Crippen LogP contribution in [0.3, 0.4) is 0 Å². The number of rotatable bonds is 3. The Labute approximate surface area is 116 Å². The highest BCUT2D eigenvalue weighted by molar-refractivity contribution is 5.88. The van der Waals surface area contributed by atoms with Crippen molar-refractivity contribution in [1.29, 1.82) is 0 Å². The molecular weight excluding hydrogens is 287 g/mol. The van der Waals surface area contributed by atoms with Crippen LogP contribution in [0.1, 0.15) is 0 Å². The third-order valence-corrected chi connectivity index (χ3v) is 2.59. The summed E-state index contributed by atoms with van der Waals surface area (Å²) in [6, 6.07) is 5.32. The number of aromatic nitrogens is 4. The second kappa shape index (κ2) is 4.93. The lowest BCUT2D eigenvalue weighted by atomic mass is 10.3. The third kappa shape index (κ3) is 3.02. The van der Waals surface area contributed by atoms with Crippen LogP contribution in [0, 0.1) is 0 Å². The Morgan fingerprint density at radius 2 is 1.90 bits per heavy atom. The zero-order valence-corrected chi connectivity index (χ0v) is 10.3. The maximum atomic E-state index is 12.1. The summed E-state index contributed by atoms with van der Waals surface area (Å²) < 4.78 is 40.0. The Bertz CT molecular complexity index is 753. The van der Waals surface area contributed by atoms with Crippen molar-refractivity contribution in [2.75, 3.05) is 5.32 Å². The fourth-order valence-corrected chi connectivity index (χ4v) is 1.73. The molecule has 0 fully saturated rings. The van der Waals surface area contributed by atoms with Gasteiger partial charge in [-0.15, -0.1) is 13.2 Å². The SMILES string of the molecule is FC(F)(F)Oc1ccc(Nc2n[nH]c3ncncc23)cc1. The summed E-state index contributed by atoms with van der Waals surface area (Å²) in [5.41, 5.74) is 1.12. The van der Waals surface area contributed by atoms with Gasteiger partial charge in [-0.05, 0) is 24.3 Å². The van der Waals surface area contributed by atoms with Crippen molar-refractivity contribution in [3.63, 3.8) is 0 Å². The van der Waals surface area contributed by atoms with Crippen LogP contribution in [0.15, 0.2) is 36.8 Å². The van der Waals surface area contributed by atoms with Crippen molar-refractivity contribution in [1.82, 2.24) is 20.2 Å². The molecule has 0 atom stereocenters. The third-order valence-electron chi connectivity index (χ3n) is 2.59.